The van der Waals surface area contributed by atoms with Crippen LogP contribution in [0.4, 0.5) is 0 Å². The van der Waals surface area contributed by atoms with Gasteiger partial charge in [0.25, 0.3) is 5.91 Å². The summed E-state index contributed by atoms with van der Waals surface area (Å²) in [6, 6.07) is 1.63. The second-order valence-electron chi connectivity index (χ2n) is 5.13. The second-order valence-corrected chi connectivity index (χ2v) is 5.54. The van der Waals surface area contributed by atoms with Crippen molar-refractivity contribution in [2.45, 2.75) is 18.9 Å². The van der Waals surface area contributed by atoms with Crippen LogP contribution in [0.3, 0.4) is 0 Å². The molecule has 3 atom stereocenters. The zero-order valence-corrected chi connectivity index (χ0v) is 10.7. The number of rotatable bonds is 1. The fraction of sp³-hybridized carbons (Fsp3) is 0.538. The van der Waals surface area contributed by atoms with Crippen LogP contribution in [0.5, 0.6) is 0 Å². The average Bonchev–Trinajstić information content (AvgIpc) is 2.92. The molecule has 0 spiro atoms. The van der Waals surface area contributed by atoms with Crippen LogP contribution in [-0.4, -0.2) is 40.1 Å². The van der Waals surface area contributed by atoms with Crippen molar-refractivity contribution in [2.75, 3.05) is 13.1 Å². The van der Waals surface area contributed by atoms with E-state index in [0.29, 0.717) is 23.0 Å². The van der Waals surface area contributed by atoms with E-state index >= 15 is 0 Å². The number of halogens is 1. The quantitative estimate of drug-likeness (QED) is 0.840. The van der Waals surface area contributed by atoms with Crippen molar-refractivity contribution in [3.05, 3.63) is 29.0 Å². The van der Waals surface area contributed by atoms with Crippen molar-refractivity contribution in [2.24, 2.45) is 11.8 Å². The van der Waals surface area contributed by atoms with Gasteiger partial charge in [-0.1, -0.05) is 11.6 Å². The molecule has 3 rings (SSSR count). The number of carbonyl (C=O) groups excluding carboxylic acids is 1. The molecule has 3 unspecified atom stereocenters. The first-order chi connectivity index (χ1) is 8.66. The van der Waals surface area contributed by atoms with E-state index < -0.39 is 0 Å². The summed E-state index contributed by atoms with van der Waals surface area (Å²) in [5, 5.41) is 10.3. The molecular formula is C13H15ClN2O2. The van der Waals surface area contributed by atoms with Gasteiger partial charge < -0.3 is 10.0 Å². The van der Waals surface area contributed by atoms with E-state index in [1.165, 1.54) is 6.20 Å². The van der Waals surface area contributed by atoms with Gasteiger partial charge in [-0.2, -0.15) is 0 Å². The minimum absolute atomic E-state index is 0.0744. The number of aromatic nitrogens is 1. The maximum absolute atomic E-state index is 12.3. The molecule has 2 heterocycles. The molecule has 18 heavy (non-hydrogen) atoms. The maximum Gasteiger partial charge on any atom is 0.256 e. The molecular weight excluding hydrogens is 252 g/mol. The lowest BCUT2D eigenvalue weighted by molar-refractivity contribution is 0.0752. The maximum atomic E-state index is 12.3. The lowest BCUT2D eigenvalue weighted by atomic mass is 10.00. The number of pyridine rings is 1. The molecule has 0 bridgehead atoms. The second kappa shape index (κ2) is 4.52. The largest absolute Gasteiger partial charge is 0.393 e. The summed E-state index contributed by atoms with van der Waals surface area (Å²) in [5.41, 5.74) is 0.452. The zero-order valence-electron chi connectivity index (χ0n) is 9.92. The molecule has 1 amide bonds. The number of hydrogen-bond acceptors (Lipinski definition) is 3. The Kier molecular flexibility index (Phi) is 2.99. The van der Waals surface area contributed by atoms with E-state index in [-0.39, 0.29) is 17.9 Å². The Morgan fingerprint density at radius 2 is 2.28 bits per heavy atom. The van der Waals surface area contributed by atoms with Crippen molar-refractivity contribution >= 4 is 17.5 Å². The van der Waals surface area contributed by atoms with E-state index in [9.17, 15) is 9.90 Å². The summed E-state index contributed by atoms with van der Waals surface area (Å²) in [4.78, 5) is 18.1. The van der Waals surface area contributed by atoms with Gasteiger partial charge in [-0.25, -0.2) is 0 Å². The van der Waals surface area contributed by atoms with Crippen molar-refractivity contribution in [1.29, 1.82) is 0 Å². The molecule has 1 saturated carbocycles. The fourth-order valence-corrected chi connectivity index (χ4v) is 3.29. The number of likely N-dealkylation sites (tertiary alicyclic amines) is 1. The summed E-state index contributed by atoms with van der Waals surface area (Å²) in [6.07, 6.45) is 4.70. The van der Waals surface area contributed by atoms with Crippen LogP contribution in [0.1, 0.15) is 23.2 Å². The topological polar surface area (TPSA) is 53.4 Å². The van der Waals surface area contributed by atoms with Crippen molar-refractivity contribution in [3.63, 3.8) is 0 Å². The van der Waals surface area contributed by atoms with E-state index in [0.717, 1.165) is 19.4 Å². The lowest BCUT2D eigenvalue weighted by Gasteiger charge is -2.18. The van der Waals surface area contributed by atoms with Gasteiger partial charge in [-0.15, -0.1) is 0 Å². The summed E-state index contributed by atoms with van der Waals surface area (Å²) in [6.45, 7) is 1.36. The van der Waals surface area contributed by atoms with Crippen LogP contribution in [0, 0.1) is 11.8 Å². The summed E-state index contributed by atoms with van der Waals surface area (Å²) < 4.78 is 0. The number of amides is 1. The van der Waals surface area contributed by atoms with Crippen LogP contribution in [0.25, 0.3) is 0 Å². The normalized spacial score (nSPS) is 30.6. The first-order valence-corrected chi connectivity index (χ1v) is 6.61. The molecule has 1 aliphatic carbocycles. The summed E-state index contributed by atoms with van der Waals surface area (Å²) in [7, 11) is 0. The van der Waals surface area contributed by atoms with E-state index in [2.05, 4.69) is 4.98 Å². The summed E-state index contributed by atoms with van der Waals surface area (Å²) >= 11 is 6.01. The third kappa shape index (κ3) is 1.89. The standard InChI is InChI=1S/C13H15ClN2O2/c14-11-3-4-15-5-9(11)13(18)16-6-8-1-2-12(17)10(8)7-16/h3-5,8,10,12,17H,1-2,6-7H2. The first-order valence-electron chi connectivity index (χ1n) is 6.23. The van der Waals surface area contributed by atoms with E-state index in [4.69, 9.17) is 11.6 Å². The fourth-order valence-electron chi connectivity index (χ4n) is 3.11. The molecule has 4 nitrogen and oxygen atoms in total. The van der Waals surface area contributed by atoms with Crippen LogP contribution in [-0.2, 0) is 0 Å². The Balaban J connectivity index is 1.78. The summed E-state index contributed by atoms with van der Waals surface area (Å²) in [5.74, 6) is 0.610. The van der Waals surface area contributed by atoms with Crippen LogP contribution in [0.2, 0.25) is 5.02 Å². The molecule has 1 N–H and O–H groups in total. The molecule has 2 aliphatic rings. The molecule has 0 radical (unpaired) electrons. The average molecular weight is 267 g/mol. The third-order valence-electron chi connectivity index (χ3n) is 4.10. The van der Waals surface area contributed by atoms with E-state index in [1.807, 2.05) is 0 Å². The number of carbonyl (C=O) groups is 1. The van der Waals surface area contributed by atoms with Gasteiger partial charge in [-0.3, -0.25) is 9.78 Å². The molecule has 1 aromatic heterocycles. The Morgan fingerprint density at radius 1 is 1.44 bits per heavy atom. The number of aliphatic hydroxyl groups is 1. The molecule has 5 heteroatoms. The SMILES string of the molecule is O=C(c1cnccc1Cl)N1CC2CCC(O)C2C1. The van der Waals surface area contributed by atoms with E-state index in [1.54, 1.807) is 17.2 Å². The number of nitrogens with zero attached hydrogens (tertiary/aromatic N) is 2. The number of hydrogen-bond donors (Lipinski definition) is 1. The highest BCUT2D eigenvalue weighted by Gasteiger charge is 2.43. The van der Waals surface area contributed by atoms with Crippen molar-refractivity contribution < 1.29 is 9.90 Å². The molecule has 96 valence electrons. The smallest absolute Gasteiger partial charge is 0.256 e. The van der Waals surface area contributed by atoms with Crippen LogP contribution < -0.4 is 0 Å². The van der Waals surface area contributed by atoms with Crippen molar-refractivity contribution in [1.82, 2.24) is 9.88 Å². The zero-order chi connectivity index (χ0) is 12.7. The molecule has 1 saturated heterocycles. The van der Waals surface area contributed by atoms with Gasteiger partial charge >= 0.3 is 0 Å². The lowest BCUT2D eigenvalue weighted by Crippen LogP contribution is -2.31. The third-order valence-corrected chi connectivity index (χ3v) is 4.43. The minimum atomic E-state index is -0.253. The van der Waals surface area contributed by atoms with Crippen LogP contribution in [0.15, 0.2) is 18.5 Å². The van der Waals surface area contributed by atoms with Gasteiger partial charge in [0, 0.05) is 31.4 Å². The Hall–Kier alpha value is -1.13. The molecule has 1 aliphatic heterocycles. The Morgan fingerprint density at radius 3 is 3.00 bits per heavy atom. The number of aliphatic hydroxyl groups excluding tert-OH is 1. The van der Waals surface area contributed by atoms with Gasteiger partial charge in [0.05, 0.1) is 16.7 Å². The molecule has 1 aromatic rings. The van der Waals surface area contributed by atoms with Gasteiger partial charge in [0.2, 0.25) is 0 Å². The minimum Gasteiger partial charge on any atom is -0.393 e. The molecule has 2 fully saturated rings. The Bertz CT molecular complexity index is 480. The highest BCUT2D eigenvalue weighted by molar-refractivity contribution is 6.33. The van der Waals surface area contributed by atoms with Crippen molar-refractivity contribution in [3.8, 4) is 0 Å². The van der Waals surface area contributed by atoms with Gasteiger partial charge in [0.1, 0.15) is 0 Å². The van der Waals surface area contributed by atoms with Crippen LogP contribution >= 0.6 is 11.6 Å². The van der Waals surface area contributed by atoms with Gasteiger partial charge in [-0.05, 0) is 24.8 Å². The number of fused-ring (bicyclic) bond motifs is 1. The predicted molar refractivity (Wildman–Crippen MR) is 67.4 cm³/mol. The Labute approximate surface area is 111 Å². The monoisotopic (exact) mass is 266 g/mol. The first kappa shape index (κ1) is 11.9. The molecule has 0 aromatic carbocycles. The highest BCUT2D eigenvalue weighted by atomic mass is 35.5. The van der Waals surface area contributed by atoms with Gasteiger partial charge in [0.15, 0.2) is 0 Å². The predicted octanol–water partition coefficient (Wildman–Crippen LogP) is 1.58. The highest BCUT2D eigenvalue weighted by Crippen LogP contribution is 2.38.